The summed E-state index contributed by atoms with van der Waals surface area (Å²) >= 11 is 0. The normalized spacial score (nSPS) is 14.1. The number of amides is 1. The van der Waals surface area contributed by atoms with Crippen LogP contribution in [0.2, 0.25) is 0 Å². The molecule has 1 aliphatic heterocycles. The van der Waals surface area contributed by atoms with Gasteiger partial charge in [-0.25, -0.2) is 9.67 Å². The molecule has 9 nitrogen and oxygen atoms in total. The Morgan fingerprint density at radius 3 is 2.15 bits per heavy atom. The van der Waals surface area contributed by atoms with Crippen LogP contribution in [-0.4, -0.2) is 44.0 Å². The lowest BCUT2D eigenvalue weighted by Gasteiger charge is -2.31. The molecule has 1 saturated heterocycles. The number of hydrogen-bond acceptors (Lipinski definition) is 7. The molecule has 3 heterocycles. The molecule has 0 atom stereocenters. The van der Waals surface area contributed by atoms with Crippen LogP contribution in [0.3, 0.4) is 0 Å². The van der Waals surface area contributed by atoms with Gasteiger partial charge in [-0.05, 0) is 61.4 Å². The number of rotatable bonds is 6. The Hall–Kier alpha value is -4.27. The van der Waals surface area contributed by atoms with Crippen LogP contribution in [0.5, 0.6) is 0 Å². The van der Waals surface area contributed by atoms with Crippen molar-refractivity contribution in [3.63, 3.8) is 0 Å². The van der Waals surface area contributed by atoms with Gasteiger partial charge in [0.25, 0.3) is 0 Å². The third kappa shape index (κ3) is 4.98. The maximum atomic E-state index is 12.8. The first-order valence-corrected chi connectivity index (χ1v) is 10.9. The van der Waals surface area contributed by atoms with E-state index in [1.807, 2.05) is 66.7 Å². The van der Waals surface area contributed by atoms with E-state index in [2.05, 4.69) is 35.8 Å². The van der Waals surface area contributed by atoms with Gasteiger partial charge in [0.1, 0.15) is 12.7 Å². The summed E-state index contributed by atoms with van der Waals surface area (Å²) < 4.78 is 1.57. The van der Waals surface area contributed by atoms with E-state index in [0.717, 1.165) is 48.8 Å². The lowest BCUT2D eigenvalue weighted by atomic mass is 9.96. The van der Waals surface area contributed by atoms with E-state index in [9.17, 15) is 4.79 Å². The van der Waals surface area contributed by atoms with Gasteiger partial charge in [0.05, 0.1) is 0 Å². The summed E-state index contributed by atoms with van der Waals surface area (Å²) in [5.41, 5.74) is 2.80. The van der Waals surface area contributed by atoms with Crippen molar-refractivity contribution in [2.75, 3.05) is 28.6 Å². The lowest BCUT2D eigenvalue weighted by molar-refractivity contribution is -0.120. The van der Waals surface area contributed by atoms with Crippen molar-refractivity contribution >= 4 is 28.8 Å². The molecule has 1 amide bonds. The molecule has 1 fully saturated rings. The zero-order valence-corrected chi connectivity index (χ0v) is 18.0. The minimum Gasteiger partial charge on any atom is -0.356 e. The van der Waals surface area contributed by atoms with Crippen molar-refractivity contribution in [3.05, 3.63) is 79.4 Å². The van der Waals surface area contributed by atoms with Crippen LogP contribution in [0.15, 0.2) is 79.4 Å². The Labute approximate surface area is 191 Å². The van der Waals surface area contributed by atoms with Crippen LogP contribution < -0.4 is 15.5 Å². The quantitative estimate of drug-likeness (QED) is 0.472. The third-order valence-electron chi connectivity index (χ3n) is 5.69. The van der Waals surface area contributed by atoms with E-state index in [0.29, 0.717) is 5.82 Å². The number of benzene rings is 2. The van der Waals surface area contributed by atoms with Crippen LogP contribution in [0.1, 0.15) is 12.8 Å². The fraction of sp³-hybridized carbons (Fsp3) is 0.208. The summed E-state index contributed by atoms with van der Waals surface area (Å²) in [6, 6.07) is 21.6. The molecule has 4 aromatic rings. The Morgan fingerprint density at radius 2 is 1.48 bits per heavy atom. The number of anilines is 4. The van der Waals surface area contributed by atoms with Gasteiger partial charge >= 0.3 is 0 Å². The van der Waals surface area contributed by atoms with Crippen molar-refractivity contribution in [1.82, 2.24) is 25.0 Å². The molecule has 9 heteroatoms. The highest BCUT2D eigenvalue weighted by molar-refractivity contribution is 5.93. The Balaban J connectivity index is 1.12. The van der Waals surface area contributed by atoms with Gasteiger partial charge in [-0.3, -0.25) is 4.79 Å². The molecule has 2 N–H and O–H groups in total. The molecule has 0 unspecified atom stereocenters. The van der Waals surface area contributed by atoms with Crippen molar-refractivity contribution in [3.8, 4) is 5.82 Å². The van der Waals surface area contributed by atoms with Gasteiger partial charge in [0.15, 0.2) is 11.6 Å². The van der Waals surface area contributed by atoms with Crippen molar-refractivity contribution < 1.29 is 4.79 Å². The molecular formula is C24H24N8O. The molecule has 0 bridgehead atoms. The largest absolute Gasteiger partial charge is 0.356 e. The van der Waals surface area contributed by atoms with E-state index >= 15 is 0 Å². The van der Waals surface area contributed by atoms with Crippen molar-refractivity contribution in [2.45, 2.75) is 12.8 Å². The van der Waals surface area contributed by atoms with Crippen molar-refractivity contribution in [2.24, 2.45) is 5.92 Å². The van der Waals surface area contributed by atoms with Crippen LogP contribution >= 0.6 is 0 Å². The predicted octanol–water partition coefficient (Wildman–Crippen LogP) is 3.66. The van der Waals surface area contributed by atoms with Gasteiger partial charge in [-0.1, -0.05) is 18.2 Å². The van der Waals surface area contributed by atoms with E-state index in [1.165, 1.54) is 6.33 Å². The number of carbonyl (C=O) groups is 1. The van der Waals surface area contributed by atoms with Gasteiger partial charge in [-0.15, -0.1) is 10.2 Å². The minimum absolute atomic E-state index is 0.0225. The highest BCUT2D eigenvalue weighted by Crippen LogP contribution is 2.24. The van der Waals surface area contributed by atoms with E-state index < -0.39 is 0 Å². The summed E-state index contributed by atoms with van der Waals surface area (Å²) in [5, 5.41) is 19.0. The number of piperidine rings is 1. The second kappa shape index (κ2) is 9.47. The summed E-state index contributed by atoms with van der Waals surface area (Å²) in [7, 11) is 0. The van der Waals surface area contributed by atoms with Crippen LogP contribution in [0.25, 0.3) is 5.82 Å². The molecule has 0 radical (unpaired) electrons. The number of nitrogens with one attached hydrogen (secondary N) is 2. The maximum absolute atomic E-state index is 12.8. The number of aromatic nitrogens is 5. The smallest absolute Gasteiger partial charge is 0.227 e. The molecule has 2 aromatic heterocycles. The molecular weight excluding hydrogens is 416 g/mol. The van der Waals surface area contributed by atoms with Crippen molar-refractivity contribution in [1.29, 1.82) is 0 Å². The van der Waals surface area contributed by atoms with Crippen LogP contribution in [0, 0.1) is 5.92 Å². The molecule has 0 saturated carbocycles. The molecule has 0 aliphatic carbocycles. The maximum Gasteiger partial charge on any atom is 0.227 e. The lowest BCUT2D eigenvalue weighted by Crippen LogP contribution is -2.38. The highest BCUT2D eigenvalue weighted by atomic mass is 16.1. The summed E-state index contributed by atoms with van der Waals surface area (Å²) in [6.07, 6.45) is 4.58. The molecule has 0 spiro atoms. The number of nitrogens with zero attached hydrogens (tertiary/aromatic N) is 6. The average molecular weight is 441 g/mol. The topological polar surface area (TPSA) is 101 Å². The average Bonchev–Trinajstić information content (AvgIpc) is 3.41. The zero-order chi connectivity index (χ0) is 22.5. The van der Waals surface area contributed by atoms with Gasteiger partial charge < -0.3 is 15.5 Å². The first kappa shape index (κ1) is 20.6. The number of para-hydroxylation sites is 1. The highest BCUT2D eigenvalue weighted by Gasteiger charge is 2.26. The fourth-order valence-electron chi connectivity index (χ4n) is 3.88. The first-order valence-electron chi connectivity index (χ1n) is 10.9. The standard InChI is InChI=1S/C24H24N8O/c33-24(28-21-8-6-20(7-9-21)27-19-4-2-1-3-5-19)18-12-14-31(15-13-18)22-10-11-23(30-29-22)32-17-25-16-26-32/h1-11,16-18,27H,12-15H2,(H,28,33). The van der Waals surface area contributed by atoms with Gasteiger partial charge in [-0.2, -0.15) is 5.10 Å². The van der Waals surface area contributed by atoms with Gasteiger partial charge in [0.2, 0.25) is 5.91 Å². The molecule has 166 valence electrons. The molecule has 5 rings (SSSR count). The van der Waals surface area contributed by atoms with Crippen LogP contribution in [0.4, 0.5) is 22.9 Å². The molecule has 33 heavy (non-hydrogen) atoms. The second-order valence-corrected chi connectivity index (χ2v) is 7.91. The predicted molar refractivity (Wildman–Crippen MR) is 127 cm³/mol. The van der Waals surface area contributed by atoms with Gasteiger partial charge in [0, 0.05) is 36.1 Å². The summed E-state index contributed by atoms with van der Waals surface area (Å²) in [6.45, 7) is 1.52. The monoisotopic (exact) mass is 440 g/mol. The zero-order valence-electron chi connectivity index (χ0n) is 18.0. The Morgan fingerprint density at radius 1 is 0.818 bits per heavy atom. The summed E-state index contributed by atoms with van der Waals surface area (Å²) in [5.74, 6) is 1.46. The summed E-state index contributed by atoms with van der Waals surface area (Å²) in [4.78, 5) is 18.9. The number of hydrogen-bond donors (Lipinski definition) is 2. The third-order valence-corrected chi connectivity index (χ3v) is 5.69. The Kier molecular flexibility index (Phi) is 5.92. The van der Waals surface area contributed by atoms with E-state index in [1.54, 1.807) is 11.0 Å². The number of carbonyl (C=O) groups excluding carboxylic acids is 1. The first-order chi connectivity index (χ1) is 16.2. The van der Waals surface area contributed by atoms with Crippen LogP contribution in [-0.2, 0) is 4.79 Å². The SMILES string of the molecule is O=C(Nc1ccc(Nc2ccccc2)cc1)C1CCN(c2ccc(-n3cncn3)nn2)CC1. The second-order valence-electron chi connectivity index (χ2n) is 7.91. The van der Waals surface area contributed by atoms with E-state index in [-0.39, 0.29) is 11.8 Å². The fourth-order valence-corrected chi connectivity index (χ4v) is 3.88. The van der Waals surface area contributed by atoms with E-state index in [4.69, 9.17) is 0 Å². The Bertz CT molecular complexity index is 1170. The minimum atomic E-state index is -0.0225. The molecule has 2 aromatic carbocycles. The molecule has 1 aliphatic rings.